The first-order valence-corrected chi connectivity index (χ1v) is 28.1. The van der Waals surface area contributed by atoms with Crippen LogP contribution < -0.4 is 10.2 Å². The number of unbranched alkanes of at least 4 members (excludes halogenated alkanes) is 27. The summed E-state index contributed by atoms with van der Waals surface area (Å²) in [5.41, 5.74) is 0. The molecule has 0 aromatic rings. The minimum absolute atomic E-state index is 0.00999. The summed E-state index contributed by atoms with van der Waals surface area (Å²) < 4.78 is 23.2. The fourth-order valence-electron chi connectivity index (χ4n) is 7.45. The summed E-state index contributed by atoms with van der Waals surface area (Å²) in [4.78, 5) is 25.4. The maximum absolute atomic E-state index is 12.9. The molecule has 64 heavy (non-hydrogen) atoms. The van der Waals surface area contributed by atoms with Crippen LogP contribution in [0.25, 0.3) is 0 Å². The van der Waals surface area contributed by atoms with E-state index in [0.29, 0.717) is 17.4 Å². The Balaban J connectivity index is 4.14. The highest BCUT2D eigenvalue weighted by molar-refractivity contribution is 7.45. The number of phosphoric acid groups is 1. The molecule has 9 heteroatoms. The molecule has 0 saturated carbocycles. The van der Waals surface area contributed by atoms with Gasteiger partial charge in [0.1, 0.15) is 13.2 Å². The van der Waals surface area contributed by atoms with Crippen molar-refractivity contribution in [1.82, 2.24) is 5.32 Å². The Bertz CT molecular complexity index is 1230. The van der Waals surface area contributed by atoms with E-state index >= 15 is 0 Å². The van der Waals surface area contributed by atoms with Crippen LogP contribution >= 0.6 is 7.82 Å². The van der Waals surface area contributed by atoms with E-state index in [9.17, 15) is 19.4 Å². The van der Waals surface area contributed by atoms with Gasteiger partial charge >= 0.3 is 0 Å². The van der Waals surface area contributed by atoms with Crippen LogP contribution in [0.1, 0.15) is 232 Å². The van der Waals surface area contributed by atoms with Gasteiger partial charge in [-0.25, -0.2) is 0 Å². The molecular formula is C55H103N2O6P. The van der Waals surface area contributed by atoms with Gasteiger partial charge in [-0.15, -0.1) is 0 Å². The summed E-state index contributed by atoms with van der Waals surface area (Å²) in [5, 5.41) is 13.8. The standard InChI is InChI=1S/C55H103N2O6P/c1-6-8-10-12-14-16-18-20-21-22-23-24-25-26-27-28-29-30-31-32-33-34-35-37-39-41-43-45-47-49-55(59)56-53(52-63-64(60,61)62-51-50-57(3,4)5)54(58)48-46-44-42-40-38-36-19-17-15-13-11-9-7-2/h15,17-18,20,22-23,38,40,46,48,53-54,58H,6-14,16,19,21,24-37,39,41-45,47,49-52H2,1-5H3,(H-,56,59,60,61)/b17-15+,20-18-,23-22-,40-38+,48-46+. The molecule has 0 rings (SSSR count). The van der Waals surface area contributed by atoms with Gasteiger partial charge in [-0.1, -0.05) is 209 Å². The Hall–Kier alpha value is -1.80. The number of hydrogen-bond donors (Lipinski definition) is 2. The van der Waals surface area contributed by atoms with E-state index in [1.165, 1.54) is 154 Å². The van der Waals surface area contributed by atoms with Gasteiger partial charge in [0.25, 0.3) is 7.82 Å². The Morgan fingerprint density at radius 1 is 0.547 bits per heavy atom. The largest absolute Gasteiger partial charge is 0.756 e. The van der Waals surface area contributed by atoms with Crippen molar-refractivity contribution in [3.8, 4) is 0 Å². The Labute approximate surface area is 396 Å². The number of phosphoric ester groups is 1. The number of carbonyl (C=O) groups is 1. The molecule has 0 aliphatic carbocycles. The Morgan fingerprint density at radius 3 is 1.39 bits per heavy atom. The fraction of sp³-hybridized carbons (Fsp3) is 0.800. The van der Waals surface area contributed by atoms with Crippen molar-refractivity contribution in [3.63, 3.8) is 0 Å². The molecule has 1 amide bonds. The third kappa shape index (κ3) is 48.1. The lowest BCUT2D eigenvalue weighted by Crippen LogP contribution is -2.45. The van der Waals surface area contributed by atoms with Crippen molar-refractivity contribution < 1.29 is 32.9 Å². The average molecular weight is 919 g/mol. The molecule has 0 bridgehead atoms. The normalized spacial score (nSPS) is 14.5. The number of likely N-dealkylation sites (N-methyl/N-ethyl adjacent to an activating group) is 1. The second-order valence-corrected chi connectivity index (χ2v) is 20.6. The zero-order valence-electron chi connectivity index (χ0n) is 42.5. The number of nitrogens with one attached hydrogen (secondary N) is 1. The summed E-state index contributed by atoms with van der Waals surface area (Å²) in [6, 6.07) is -0.909. The van der Waals surface area contributed by atoms with E-state index in [-0.39, 0.29) is 12.5 Å². The lowest BCUT2D eigenvalue weighted by Gasteiger charge is -2.29. The number of amides is 1. The molecule has 0 saturated heterocycles. The number of carbonyl (C=O) groups excluding carboxylic acids is 1. The monoisotopic (exact) mass is 919 g/mol. The zero-order valence-corrected chi connectivity index (χ0v) is 43.4. The molecule has 0 heterocycles. The summed E-state index contributed by atoms with van der Waals surface area (Å²) in [7, 11) is 1.23. The molecule has 8 nitrogen and oxygen atoms in total. The van der Waals surface area contributed by atoms with Crippen molar-refractivity contribution >= 4 is 13.7 Å². The second kappa shape index (κ2) is 46.3. The molecule has 3 atom stereocenters. The number of hydrogen-bond acceptors (Lipinski definition) is 6. The highest BCUT2D eigenvalue weighted by Crippen LogP contribution is 2.38. The lowest BCUT2D eigenvalue weighted by atomic mass is 10.0. The quantitative estimate of drug-likeness (QED) is 0.0272. The van der Waals surface area contributed by atoms with Gasteiger partial charge in [-0.2, -0.15) is 0 Å². The van der Waals surface area contributed by atoms with Crippen LogP contribution in [-0.2, 0) is 18.4 Å². The smallest absolute Gasteiger partial charge is 0.268 e. The van der Waals surface area contributed by atoms with Crippen molar-refractivity contribution in [2.24, 2.45) is 0 Å². The first-order chi connectivity index (χ1) is 31.0. The van der Waals surface area contributed by atoms with Crippen molar-refractivity contribution in [1.29, 1.82) is 0 Å². The summed E-state index contributed by atoms with van der Waals surface area (Å²) in [5.74, 6) is -0.212. The van der Waals surface area contributed by atoms with E-state index in [1.807, 2.05) is 27.2 Å². The van der Waals surface area contributed by atoms with Crippen molar-refractivity contribution in [2.45, 2.75) is 244 Å². The second-order valence-electron chi connectivity index (χ2n) is 19.2. The highest BCUT2D eigenvalue weighted by atomic mass is 31.2. The molecule has 0 aromatic heterocycles. The van der Waals surface area contributed by atoms with E-state index in [2.05, 4.69) is 67.8 Å². The Morgan fingerprint density at radius 2 is 0.922 bits per heavy atom. The molecule has 0 aromatic carbocycles. The van der Waals surface area contributed by atoms with Gasteiger partial charge in [-0.05, 0) is 77.0 Å². The number of quaternary nitrogens is 1. The van der Waals surface area contributed by atoms with Crippen LogP contribution in [-0.4, -0.2) is 68.5 Å². The third-order valence-electron chi connectivity index (χ3n) is 11.7. The molecule has 0 spiro atoms. The number of nitrogens with zero attached hydrogens (tertiary/aromatic N) is 1. The Kier molecular flexibility index (Phi) is 45.0. The lowest BCUT2D eigenvalue weighted by molar-refractivity contribution is -0.870. The topological polar surface area (TPSA) is 108 Å². The van der Waals surface area contributed by atoms with Gasteiger partial charge in [0.2, 0.25) is 5.91 Å². The first kappa shape index (κ1) is 62.2. The van der Waals surface area contributed by atoms with E-state index in [4.69, 9.17) is 9.05 Å². The van der Waals surface area contributed by atoms with Gasteiger partial charge in [0.05, 0.1) is 39.9 Å². The van der Waals surface area contributed by atoms with Crippen LogP contribution in [0, 0.1) is 0 Å². The van der Waals surface area contributed by atoms with Crippen molar-refractivity contribution in [2.75, 3.05) is 40.9 Å². The minimum atomic E-state index is -4.60. The third-order valence-corrected chi connectivity index (χ3v) is 12.6. The van der Waals surface area contributed by atoms with E-state index in [1.54, 1.807) is 6.08 Å². The summed E-state index contributed by atoms with van der Waals surface area (Å²) in [6.45, 7) is 4.58. The predicted molar refractivity (Wildman–Crippen MR) is 274 cm³/mol. The van der Waals surface area contributed by atoms with Gasteiger partial charge in [0, 0.05) is 6.42 Å². The SMILES string of the molecule is CCCCC/C=C/CC/C=C/CC/C=C/C(O)C(COP(=O)([O-])OCC[N+](C)(C)C)NC(=O)CCCCCCCCCCCCCCCCCCC/C=C\C/C=C\CCCCCCC. The fourth-order valence-corrected chi connectivity index (χ4v) is 8.17. The number of aliphatic hydroxyl groups excluding tert-OH is 1. The molecule has 0 aliphatic rings. The highest BCUT2D eigenvalue weighted by Gasteiger charge is 2.23. The first-order valence-electron chi connectivity index (χ1n) is 26.7. The molecule has 0 aliphatic heterocycles. The summed E-state index contributed by atoms with van der Waals surface area (Å²) >= 11 is 0. The van der Waals surface area contributed by atoms with Crippen LogP contribution in [0.4, 0.5) is 0 Å². The minimum Gasteiger partial charge on any atom is -0.756 e. The maximum atomic E-state index is 12.9. The molecular weight excluding hydrogens is 816 g/mol. The van der Waals surface area contributed by atoms with Crippen LogP contribution in [0.2, 0.25) is 0 Å². The van der Waals surface area contributed by atoms with Crippen LogP contribution in [0.15, 0.2) is 60.8 Å². The van der Waals surface area contributed by atoms with Gasteiger partial charge < -0.3 is 28.8 Å². The van der Waals surface area contributed by atoms with E-state index < -0.39 is 26.6 Å². The molecule has 374 valence electrons. The average Bonchev–Trinajstić information content (AvgIpc) is 3.25. The molecule has 3 unspecified atom stereocenters. The van der Waals surface area contributed by atoms with Crippen LogP contribution in [0.5, 0.6) is 0 Å². The predicted octanol–water partition coefficient (Wildman–Crippen LogP) is 15.1. The van der Waals surface area contributed by atoms with Gasteiger partial charge in [0.15, 0.2) is 0 Å². The zero-order chi connectivity index (χ0) is 47.1. The van der Waals surface area contributed by atoms with Crippen molar-refractivity contribution in [3.05, 3.63) is 60.8 Å². The maximum Gasteiger partial charge on any atom is 0.268 e. The number of aliphatic hydroxyl groups is 1. The van der Waals surface area contributed by atoms with Crippen LogP contribution in [0.3, 0.4) is 0 Å². The van der Waals surface area contributed by atoms with E-state index in [0.717, 1.165) is 57.8 Å². The molecule has 0 radical (unpaired) electrons. The molecule has 2 N–H and O–H groups in total. The number of rotatable bonds is 48. The summed E-state index contributed by atoms with van der Waals surface area (Å²) in [6.07, 6.45) is 61.6. The molecule has 0 fully saturated rings. The number of allylic oxidation sites excluding steroid dienone is 9. The van der Waals surface area contributed by atoms with Gasteiger partial charge in [-0.3, -0.25) is 9.36 Å².